The molecule has 2 atom stereocenters. The van der Waals surface area contributed by atoms with Gasteiger partial charge in [0.15, 0.2) is 10.8 Å². The molecular weight excluding hydrogens is 679 g/mol. The number of nitrogens with zero attached hydrogens (tertiary/aromatic N) is 4. The van der Waals surface area contributed by atoms with Gasteiger partial charge in [-0.2, -0.15) is 0 Å². The van der Waals surface area contributed by atoms with Crippen LogP contribution in [-0.4, -0.2) is 79.9 Å². The van der Waals surface area contributed by atoms with Crippen LogP contribution in [-0.2, 0) is 28.7 Å². The molecule has 46 heavy (non-hydrogen) atoms. The van der Waals surface area contributed by atoms with Gasteiger partial charge in [0.05, 0.1) is 12.2 Å². The van der Waals surface area contributed by atoms with Crippen LogP contribution in [0, 0.1) is 0 Å². The Kier molecular flexibility index (Phi) is 15.2. The Balaban J connectivity index is 0.00000368. The number of thiazole rings is 1. The van der Waals surface area contributed by atoms with Crippen molar-refractivity contribution in [2.24, 2.45) is 5.16 Å². The van der Waals surface area contributed by atoms with E-state index in [-0.39, 0.29) is 60.1 Å². The third-order valence-corrected chi connectivity index (χ3v) is 8.50. The van der Waals surface area contributed by atoms with Crippen molar-refractivity contribution in [3.8, 4) is 0 Å². The topological polar surface area (TPSA) is 186 Å². The number of unbranched alkanes of at least 4 members (excludes halogenated alkanes) is 1. The monoisotopic (exact) mass is 712 g/mol. The molecule has 0 spiro atoms. The van der Waals surface area contributed by atoms with E-state index in [1.54, 1.807) is 36.7 Å². The van der Waals surface area contributed by atoms with Gasteiger partial charge in [0.2, 0.25) is 0 Å². The summed E-state index contributed by atoms with van der Waals surface area (Å²) in [7, 11) is 0. The maximum absolute atomic E-state index is 13.6. The Morgan fingerprint density at radius 3 is 2.65 bits per heavy atom. The zero-order chi connectivity index (χ0) is 31.6. The van der Waals surface area contributed by atoms with E-state index in [4.69, 9.17) is 15.2 Å². The molecule has 0 bridgehead atoms. The van der Waals surface area contributed by atoms with Gasteiger partial charge in [0, 0.05) is 23.5 Å². The number of nitrogen functional groups attached to an aromatic ring is 1. The number of nitrogens with one attached hydrogen (secondary N) is 1. The van der Waals surface area contributed by atoms with E-state index in [2.05, 4.69) is 20.4 Å². The molecule has 4 heterocycles. The van der Waals surface area contributed by atoms with Crippen LogP contribution < -0.4 is 11.1 Å². The van der Waals surface area contributed by atoms with Crippen molar-refractivity contribution in [1.29, 1.82) is 0 Å². The zero-order valence-corrected chi connectivity index (χ0v) is 28.2. The van der Waals surface area contributed by atoms with Crippen LogP contribution in [0.15, 0.2) is 64.1 Å². The van der Waals surface area contributed by atoms with Gasteiger partial charge in [-0.25, -0.2) is 14.6 Å². The number of pyridine rings is 1. The minimum absolute atomic E-state index is 0. The fraction of sp³-hybridized carbons (Fsp3) is 0.345. The average Bonchev–Trinajstić information content (AvgIpc) is 3.46. The lowest BCUT2D eigenvalue weighted by Gasteiger charge is -2.49. The van der Waals surface area contributed by atoms with Crippen LogP contribution in [0.4, 0.5) is 5.13 Å². The number of carbonyl (C=O) groups excluding carboxylic acids is 4. The lowest BCUT2D eigenvalue weighted by atomic mass is 10.0. The van der Waals surface area contributed by atoms with E-state index in [0.29, 0.717) is 24.2 Å². The quantitative estimate of drug-likeness (QED) is 0.0522. The Morgan fingerprint density at radius 2 is 2.02 bits per heavy atom. The predicted molar refractivity (Wildman–Crippen MR) is 180 cm³/mol. The second-order valence-electron chi connectivity index (χ2n) is 9.58. The Labute approximate surface area is 286 Å². The van der Waals surface area contributed by atoms with Crippen molar-refractivity contribution < 1.29 is 33.9 Å². The second kappa shape index (κ2) is 18.3. The second-order valence-corrected chi connectivity index (χ2v) is 11.6. The Hall–Kier alpha value is -3.92. The molecule has 2 aromatic heterocycles. The highest BCUT2D eigenvalue weighted by Crippen LogP contribution is 2.41. The Bertz CT molecular complexity index is 1530. The number of carbonyl (C=O) groups is 4. The van der Waals surface area contributed by atoms with Gasteiger partial charge in [0.25, 0.3) is 11.8 Å². The van der Waals surface area contributed by atoms with E-state index in [0.717, 1.165) is 23.3 Å². The van der Waals surface area contributed by atoms with Crippen molar-refractivity contribution in [3.63, 3.8) is 0 Å². The molecule has 13 nitrogen and oxygen atoms in total. The van der Waals surface area contributed by atoms with Gasteiger partial charge in [-0.15, -0.1) is 47.9 Å². The third-order valence-electron chi connectivity index (χ3n) is 6.52. The van der Waals surface area contributed by atoms with E-state index in [9.17, 15) is 24.4 Å². The van der Waals surface area contributed by atoms with E-state index >= 15 is 0 Å². The number of halogens is 2. The summed E-state index contributed by atoms with van der Waals surface area (Å²) in [5.41, 5.74) is 6.78. The van der Waals surface area contributed by atoms with Gasteiger partial charge >= 0.3 is 11.9 Å². The summed E-state index contributed by atoms with van der Waals surface area (Å²) in [6.45, 7) is 3.74. The van der Waals surface area contributed by atoms with Crippen molar-refractivity contribution in [1.82, 2.24) is 20.2 Å². The normalized spacial score (nSPS) is 17.8. The number of nitrogens with two attached hydrogens (primary N) is 1. The lowest BCUT2D eigenvalue weighted by Crippen LogP contribution is -2.71. The van der Waals surface area contributed by atoms with Crippen LogP contribution >= 0.6 is 47.9 Å². The fourth-order valence-corrected chi connectivity index (χ4v) is 6.18. The molecule has 1 saturated heterocycles. The summed E-state index contributed by atoms with van der Waals surface area (Å²) in [6.07, 6.45) is 10.5. The predicted octanol–water partition coefficient (Wildman–Crippen LogP) is 3.73. The van der Waals surface area contributed by atoms with Crippen molar-refractivity contribution in [3.05, 3.63) is 70.2 Å². The summed E-state index contributed by atoms with van der Waals surface area (Å²) in [5.74, 6) is -2.46. The number of ether oxygens (including phenoxy) is 2. The molecule has 0 radical (unpaired) electrons. The maximum atomic E-state index is 13.6. The van der Waals surface area contributed by atoms with Gasteiger partial charge in [-0.3, -0.25) is 19.5 Å². The van der Waals surface area contributed by atoms with Crippen LogP contribution in [0.1, 0.15) is 44.4 Å². The summed E-state index contributed by atoms with van der Waals surface area (Å²) in [4.78, 5) is 61.8. The standard InChI is InChI=1S/C29H32N6O7S2.2ClH/c1-3-5-12-41-27(38)18(7-4-2)14-42-28(39)23-19(10-9-17-8-6-11-31-13-17)15-43-26-22(25(37)35(23)26)33-24(36)21(34-40)20-16-44-29(30)32-20;;/h6-11,13,16,22,26,40H,3-5,12,14-15H2,1-2H3,(H2,30,32)(H,33,36);2*1H/b10-9-,18-7+,34-21-;;/t22-,26-;;/m1../s1. The molecule has 4 N–H and O–H groups in total. The van der Waals surface area contributed by atoms with Crippen molar-refractivity contribution in [2.45, 2.75) is 44.5 Å². The van der Waals surface area contributed by atoms with Gasteiger partial charge in [-0.1, -0.05) is 49.7 Å². The molecule has 248 valence electrons. The molecular formula is C29H34Cl2N6O7S2. The summed E-state index contributed by atoms with van der Waals surface area (Å²) in [6, 6.07) is 2.59. The minimum atomic E-state index is -1.02. The zero-order valence-electron chi connectivity index (χ0n) is 24.9. The maximum Gasteiger partial charge on any atom is 0.355 e. The van der Waals surface area contributed by atoms with Crippen LogP contribution in [0.5, 0.6) is 0 Å². The number of allylic oxidation sites excluding steroid dienone is 2. The molecule has 0 unspecified atom stereocenters. The number of anilines is 1. The highest BCUT2D eigenvalue weighted by atomic mass is 35.5. The summed E-state index contributed by atoms with van der Waals surface area (Å²) in [5, 5.41) is 16.0. The highest BCUT2D eigenvalue weighted by molar-refractivity contribution is 8.00. The number of oxime groups is 1. The van der Waals surface area contributed by atoms with E-state index in [1.807, 2.05) is 19.9 Å². The molecule has 2 amide bonds. The first kappa shape index (κ1) is 38.3. The minimum Gasteiger partial charge on any atom is -0.462 e. The number of thioether (sulfide) groups is 1. The average molecular weight is 714 g/mol. The molecule has 2 aliphatic heterocycles. The number of rotatable bonds is 13. The number of esters is 2. The Morgan fingerprint density at radius 1 is 1.24 bits per heavy atom. The van der Waals surface area contributed by atoms with Gasteiger partial charge in [0.1, 0.15) is 29.4 Å². The first-order valence-corrected chi connectivity index (χ1v) is 15.7. The molecule has 2 aromatic rings. The molecule has 2 aliphatic rings. The van der Waals surface area contributed by atoms with Crippen molar-refractivity contribution in [2.75, 3.05) is 24.7 Å². The molecule has 17 heteroatoms. The number of β-lactam (4-membered cyclic amide) rings is 1. The van der Waals surface area contributed by atoms with E-state index in [1.165, 1.54) is 22.0 Å². The largest absolute Gasteiger partial charge is 0.462 e. The first-order chi connectivity index (χ1) is 21.3. The molecule has 1 fully saturated rings. The number of amides is 2. The SMILES string of the molecule is CC/C=C(\COC(=O)C1=C(/C=C\c2cccnc2)CS[C@@H]2[C@H](NC(=O)/C(=N\O)c3csc(N)n3)C(=O)N12)C(=O)OCCCC.Cl.Cl. The summed E-state index contributed by atoms with van der Waals surface area (Å²) < 4.78 is 10.9. The number of hydrogen-bond acceptors (Lipinski definition) is 13. The summed E-state index contributed by atoms with van der Waals surface area (Å²) >= 11 is 2.40. The molecule has 0 aromatic carbocycles. The van der Waals surface area contributed by atoms with E-state index < -0.39 is 40.9 Å². The van der Waals surface area contributed by atoms with Crippen molar-refractivity contribution >= 4 is 88.6 Å². The molecule has 0 aliphatic carbocycles. The van der Waals surface area contributed by atoms with Crippen LogP contribution in [0.25, 0.3) is 6.08 Å². The molecule has 4 rings (SSSR count). The lowest BCUT2D eigenvalue weighted by molar-refractivity contribution is -0.152. The number of fused-ring (bicyclic) bond motifs is 1. The highest BCUT2D eigenvalue weighted by Gasteiger charge is 2.54. The number of aromatic nitrogens is 2. The van der Waals surface area contributed by atoms with Gasteiger partial charge < -0.3 is 25.7 Å². The third kappa shape index (κ3) is 9.09. The number of hydrogen-bond donors (Lipinski definition) is 3. The fourth-order valence-electron chi connectivity index (χ4n) is 4.31. The van der Waals surface area contributed by atoms with Gasteiger partial charge in [-0.05, 0) is 30.0 Å². The molecule has 0 saturated carbocycles. The van der Waals surface area contributed by atoms with Crippen LogP contribution in [0.3, 0.4) is 0 Å². The first-order valence-electron chi connectivity index (χ1n) is 13.8. The van der Waals surface area contributed by atoms with Crippen LogP contribution in [0.2, 0.25) is 0 Å². The smallest absolute Gasteiger partial charge is 0.355 e.